The number of benzene rings is 1. The number of amides is 2. The van der Waals surface area contributed by atoms with Gasteiger partial charge in [0.15, 0.2) is 0 Å². The molecule has 1 aromatic carbocycles. The number of hydrogen-bond acceptors (Lipinski definition) is 3. The monoisotopic (exact) mass is 480 g/mol. The lowest BCUT2D eigenvalue weighted by Gasteiger charge is -2.14. The maximum atomic E-state index is 12.7. The second-order valence-electron chi connectivity index (χ2n) is 5.97. The van der Waals surface area contributed by atoms with Crippen molar-refractivity contribution in [3.8, 4) is 0 Å². The van der Waals surface area contributed by atoms with E-state index in [2.05, 4.69) is 31.7 Å². The van der Waals surface area contributed by atoms with E-state index < -0.39 is 24.4 Å². The van der Waals surface area contributed by atoms with Gasteiger partial charge >= 0.3 is 6.18 Å². The Morgan fingerprint density at radius 3 is 2.54 bits per heavy atom. The normalized spacial score (nSPS) is 11.4. The number of alkyl halides is 3. The van der Waals surface area contributed by atoms with Gasteiger partial charge in [0.1, 0.15) is 10.3 Å². The SMILES string of the molecule is CNC(=O)c1cc(Cl)cc(C)c1NC(=O)c1cc(Br)nn1CCCC(F)(F)F. The number of halogens is 5. The summed E-state index contributed by atoms with van der Waals surface area (Å²) in [6, 6.07) is 4.40. The van der Waals surface area contributed by atoms with Crippen LogP contribution in [-0.4, -0.2) is 34.8 Å². The van der Waals surface area contributed by atoms with E-state index in [-0.39, 0.29) is 29.9 Å². The van der Waals surface area contributed by atoms with E-state index in [1.54, 1.807) is 13.0 Å². The molecule has 152 valence electrons. The molecular weight excluding hydrogens is 465 g/mol. The number of rotatable bonds is 6. The van der Waals surface area contributed by atoms with E-state index in [0.717, 1.165) is 0 Å². The molecule has 0 aliphatic rings. The zero-order valence-corrected chi connectivity index (χ0v) is 17.3. The molecule has 0 bridgehead atoms. The van der Waals surface area contributed by atoms with E-state index in [0.29, 0.717) is 15.2 Å². The van der Waals surface area contributed by atoms with Crippen LogP contribution in [0.4, 0.5) is 18.9 Å². The fraction of sp³-hybridized carbons (Fsp3) is 0.353. The largest absolute Gasteiger partial charge is 0.389 e. The van der Waals surface area contributed by atoms with Crippen molar-refractivity contribution in [3.05, 3.63) is 44.6 Å². The zero-order chi connectivity index (χ0) is 21.1. The third kappa shape index (κ3) is 5.71. The van der Waals surface area contributed by atoms with Crippen LogP contribution in [-0.2, 0) is 6.54 Å². The predicted molar refractivity (Wildman–Crippen MR) is 103 cm³/mol. The van der Waals surface area contributed by atoms with Gasteiger partial charge in [-0.15, -0.1) is 0 Å². The maximum Gasteiger partial charge on any atom is 0.389 e. The molecule has 0 atom stereocenters. The first kappa shape index (κ1) is 22.2. The molecule has 0 unspecified atom stereocenters. The van der Waals surface area contributed by atoms with Crippen molar-refractivity contribution in [1.82, 2.24) is 15.1 Å². The Labute approximate surface area is 172 Å². The Hall–Kier alpha value is -2.07. The van der Waals surface area contributed by atoms with Crippen LogP contribution in [0.3, 0.4) is 0 Å². The topological polar surface area (TPSA) is 76.0 Å². The summed E-state index contributed by atoms with van der Waals surface area (Å²) < 4.78 is 38.6. The minimum Gasteiger partial charge on any atom is -0.355 e. The van der Waals surface area contributed by atoms with Crippen molar-refractivity contribution < 1.29 is 22.8 Å². The van der Waals surface area contributed by atoms with Crippen molar-refractivity contribution in [2.75, 3.05) is 12.4 Å². The van der Waals surface area contributed by atoms with E-state index >= 15 is 0 Å². The lowest BCUT2D eigenvalue weighted by molar-refractivity contribution is -0.136. The van der Waals surface area contributed by atoms with Gasteiger partial charge in [-0.3, -0.25) is 14.3 Å². The maximum absolute atomic E-state index is 12.7. The summed E-state index contributed by atoms with van der Waals surface area (Å²) in [7, 11) is 1.44. The summed E-state index contributed by atoms with van der Waals surface area (Å²) in [4.78, 5) is 24.8. The minimum absolute atomic E-state index is 0.0613. The lowest BCUT2D eigenvalue weighted by Crippen LogP contribution is -2.24. The summed E-state index contributed by atoms with van der Waals surface area (Å²) in [5.74, 6) is -1.05. The second kappa shape index (κ2) is 8.95. The molecule has 2 aromatic rings. The first-order valence-electron chi connectivity index (χ1n) is 8.15. The fourth-order valence-electron chi connectivity index (χ4n) is 2.57. The first-order valence-corrected chi connectivity index (χ1v) is 9.32. The van der Waals surface area contributed by atoms with Crippen LogP contribution in [0.25, 0.3) is 0 Å². The molecule has 2 amide bonds. The molecule has 1 aromatic heterocycles. The molecule has 0 spiro atoms. The van der Waals surface area contributed by atoms with Crippen molar-refractivity contribution in [2.45, 2.75) is 32.5 Å². The number of anilines is 1. The number of aromatic nitrogens is 2. The highest BCUT2D eigenvalue weighted by atomic mass is 79.9. The average molecular weight is 482 g/mol. The van der Waals surface area contributed by atoms with Gasteiger partial charge in [0.05, 0.1) is 11.3 Å². The van der Waals surface area contributed by atoms with Gasteiger partial charge in [-0.05, 0) is 47.0 Å². The molecule has 2 rings (SSSR count). The van der Waals surface area contributed by atoms with Crippen LogP contribution in [0.1, 0.15) is 39.3 Å². The summed E-state index contributed by atoms with van der Waals surface area (Å²) >= 11 is 9.12. The summed E-state index contributed by atoms with van der Waals surface area (Å²) in [6.07, 6.45) is -5.49. The molecule has 0 saturated heterocycles. The molecule has 11 heteroatoms. The van der Waals surface area contributed by atoms with Gasteiger partial charge in [0.2, 0.25) is 0 Å². The van der Waals surface area contributed by atoms with Crippen LogP contribution in [0.15, 0.2) is 22.8 Å². The molecule has 0 fully saturated rings. The fourth-order valence-corrected chi connectivity index (χ4v) is 3.25. The van der Waals surface area contributed by atoms with Crippen molar-refractivity contribution >= 4 is 45.0 Å². The summed E-state index contributed by atoms with van der Waals surface area (Å²) in [6.45, 7) is 1.58. The molecule has 6 nitrogen and oxygen atoms in total. The van der Waals surface area contributed by atoms with Gasteiger partial charge in [-0.25, -0.2) is 0 Å². The number of carbonyl (C=O) groups excluding carboxylic acids is 2. The number of hydrogen-bond donors (Lipinski definition) is 2. The van der Waals surface area contributed by atoms with Crippen LogP contribution in [0, 0.1) is 6.92 Å². The quantitative estimate of drug-likeness (QED) is 0.635. The standard InChI is InChI=1S/C17H17BrClF3N4O2/c1-9-6-10(19)7-11(15(27)23-2)14(9)24-16(28)12-8-13(18)25-26(12)5-3-4-17(20,21)22/h6-8H,3-5H2,1-2H3,(H,23,27)(H,24,28). The predicted octanol–water partition coefficient (Wildman–Crippen LogP) is 4.56. The number of nitrogens with zero attached hydrogens (tertiary/aromatic N) is 2. The number of nitrogens with one attached hydrogen (secondary N) is 2. The number of carbonyl (C=O) groups is 2. The lowest BCUT2D eigenvalue weighted by atomic mass is 10.1. The van der Waals surface area contributed by atoms with E-state index in [9.17, 15) is 22.8 Å². The van der Waals surface area contributed by atoms with E-state index in [4.69, 9.17) is 11.6 Å². The van der Waals surface area contributed by atoms with Crippen LogP contribution < -0.4 is 10.6 Å². The molecule has 0 saturated carbocycles. The van der Waals surface area contributed by atoms with Gasteiger partial charge in [-0.1, -0.05) is 11.6 Å². The van der Waals surface area contributed by atoms with Crippen molar-refractivity contribution in [3.63, 3.8) is 0 Å². The smallest absolute Gasteiger partial charge is 0.355 e. The average Bonchev–Trinajstić information content (AvgIpc) is 2.95. The molecular formula is C17H17BrClF3N4O2. The van der Waals surface area contributed by atoms with Crippen LogP contribution >= 0.6 is 27.5 Å². The van der Waals surface area contributed by atoms with Crippen molar-refractivity contribution in [1.29, 1.82) is 0 Å². The third-order valence-corrected chi connectivity index (χ3v) is 4.43. The first-order chi connectivity index (χ1) is 13.0. The summed E-state index contributed by atoms with van der Waals surface area (Å²) in [5, 5.41) is 9.44. The molecule has 0 aliphatic carbocycles. The Morgan fingerprint density at radius 1 is 1.25 bits per heavy atom. The number of aryl methyl sites for hydroxylation is 2. The Kier molecular flexibility index (Phi) is 7.11. The van der Waals surface area contributed by atoms with Gasteiger partial charge in [0, 0.05) is 31.1 Å². The van der Waals surface area contributed by atoms with Gasteiger partial charge in [-0.2, -0.15) is 18.3 Å². The highest BCUT2D eigenvalue weighted by molar-refractivity contribution is 9.10. The molecule has 2 N–H and O–H groups in total. The molecule has 28 heavy (non-hydrogen) atoms. The van der Waals surface area contributed by atoms with Gasteiger partial charge in [0.25, 0.3) is 11.8 Å². The molecule has 1 heterocycles. The Bertz CT molecular complexity index is 899. The zero-order valence-electron chi connectivity index (χ0n) is 15.0. The van der Waals surface area contributed by atoms with E-state index in [1.807, 2.05) is 0 Å². The Balaban J connectivity index is 2.28. The highest BCUT2D eigenvalue weighted by Crippen LogP contribution is 2.27. The van der Waals surface area contributed by atoms with Gasteiger partial charge < -0.3 is 10.6 Å². The van der Waals surface area contributed by atoms with Crippen molar-refractivity contribution in [2.24, 2.45) is 0 Å². The minimum atomic E-state index is -4.28. The summed E-state index contributed by atoms with van der Waals surface area (Å²) in [5.41, 5.74) is 1.05. The molecule has 0 radical (unpaired) electrons. The second-order valence-corrected chi connectivity index (χ2v) is 7.22. The molecule has 0 aliphatic heterocycles. The van der Waals surface area contributed by atoms with E-state index in [1.165, 1.54) is 23.9 Å². The van der Waals surface area contributed by atoms with Crippen LogP contribution in [0.2, 0.25) is 5.02 Å². The van der Waals surface area contributed by atoms with Crippen LogP contribution in [0.5, 0.6) is 0 Å². The third-order valence-electron chi connectivity index (χ3n) is 3.82. The highest BCUT2D eigenvalue weighted by Gasteiger charge is 2.27. The Morgan fingerprint density at radius 2 is 1.93 bits per heavy atom.